The van der Waals surface area contributed by atoms with Gasteiger partial charge >= 0.3 is 0 Å². The zero-order valence-electron chi connectivity index (χ0n) is 6.57. The van der Waals surface area contributed by atoms with Crippen molar-refractivity contribution in [3.05, 3.63) is 48.8 Å². The molecule has 0 saturated carbocycles. The van der Waals surface area contributed by atoms with Gasteiger partial charge in [-0.2, -0.15) is 0 Å². The van der Waals surface area contributed by atoms with Gasteiger partial charge in [-0.3, -0.25) is 4.90 Å². The van der Waals surface area contributed by atoms with Gasteiger partial charge in [-0.25, -0.2) is 4.99 Å². The second-order valence-electron chi connectivity index (χ2n) is 2.43. The summed E-state index contributed by atoms with van der Waals surface area (Å²) in [6, 6.07) is 0. The maximum Gasteiger partial charge on any atom is 0.153 e. The molecule has 0 unspecified atom stereocenters. The lowest BCUT2D eigenvalue weighted by atomic mass is 10.3. The third-order valence-electron chi connectivity index (χ3n) is 1.72. The maximum absolute atomic E-state index is 4.17. The summed E-state index contributed by atoms with van der Waals surface area (Å²) in [7, 11) is 0. The van der Waals surface area contributed by atoms with Crippen molar-refractivity contribution in [3.8, 4) is 0 Å². The van der Waals surface area contributed by atoms with Crippen LogP contribution in [0.2, 0.25) is 0 Å². The Morgan fingerprint density at radius 2 is 2.50 bits per heavy atom. The molecule has 0 fully saturated rings. The van der Waals surface area contributed by atoms with Crippen molar-refractivity contribution < 1.29 is 0 Å². The quantitative estimate of drug-likeness (QED) is 0.624. The van der Waals surface area contributed by atoms with Crippen molar-refractivity contribution in [1.29, 1.82) is 0 Å². The molecule has 12 heavy (non-hydrogen) atoms. The SMILES string of the molecule is C=CC1=CC=NC2=CNC=CN12. The van der Waals surface area contributed by atoms with Crippen LogP contribution >= 0.6 is 0 Å². The normalized spacial score (nSPS) is 19.2. The highest BCUT2D eigenvalue weighted by Gasteiger charge is 2.12. The minimum Gasteiger partial charge on any atom is -0.363 e. The summed E-state index contributed by atoms with van der Waals surface area (Å²) >= 11 is 0. The maximum atomic E-state index is 4.17. The third-order valence-corrected chi connectivity index (χ3v) is 1.72. The molecule has 2 rings (SSSR count). The molecule has 3 heteroatoms. The standard InChI is InChI=1S/C9H9N3/c1-2-8-3-4-11-9-7-10-5-6-12(8)9/h2-7,10H,1H2. The second kappa shape index (κ2) is 2.70. The lowest BCUT2D eigenvalue weighted by Crippen LogP contribution is -2.22. The van der Waals surface area contributed by atoms with E-state index >= 15 is 0 Å². The van der Waals surface area contributed by atoms with Gasteiger partial charge in [0.05, 0.1) is 0 Å². The van der Waals surface area contributed by atoms with Crippen molar-refractivity contribution in [3.63, 3.8) is 0 Å². The molecular formula is C9H9N3. The van der Waals surface area contributed by atoms with E-state index in [4.69, 9.17) is 0 Å². The number of allylic oxidation sites excluding steroid dienone is 2. The van der Waals surface area contributed by atoms with E-state index in [-0.39, 0.29) is 0 Å². The molecule has 0 bridgehead atoms. The minimum atomic E-state index is 0.884. The predicted molar refractivity (Wildman–Crippen MR) is 49.0 cm³/mol. The number of nitrogens with zero attached hydrogens (tertiary/aromatic N) is 2. The molecule has 3 nitrogen and oxygen atoms in total. The zero-order valence-corrected chi connectivity index (χ0v) is 6.57. The summed E-state index contributed by atoms with van der Waals surface area (Å²) in [4.78, 5) is 6.14. The minimum absolute atomic E-state index is 0.884. The second-order valence-corrected chi connectivity index (χ2v) is 2.43. The van der Waals surface area contributed by atoms with Crippen molar-refractivity contribution in [1.82, 2.24) is 10.2 Å². The highest BCUT2D eigenvalue weighted by molar-refractivity contribution is 5.75. The summed E-state index contributed by atoms with van der Waals surface area (Å²) in [5, 5.41) is 2.97. The van der Waals surface area contributed by atoms with Crippen LogP contribution in [-0.2, 0) is 0 Å². The van der Waals surface area contributed by atoms with Crippen LogP contribution in [0.5, 0.6) is 0 Å². The van der Waals surface area contributed by atoms with Crippen LogP contribution in [0.1, 0.15) is 0 Å². The number of hydrogen-bond acceptors (Lipinski definition) is 3. The van der Waals surface area contributed by atoms with E-state index < -0.39 is 0 Å². The number of nitrogens with one attached hydrogen (secondary N) is 1. The Morgan fingerprint density at radius 1 is 1.58 bits per heavy atom. The zero-order chi connectivity index (χ0) is 8.39. The lowest BCUT2D eigenvalue weighted by molar-refractivity contribution is 0.561. The molecule has 0 aromatic carbocycles. The van der Waals surface area contributed by atoms with E-state index in [1.807, 2.05) is 29.6 Å². The predicted octanol–water partition coefficient (Wildman–Crippen LogP) is 1.32. The molecular weight excluding hydrogens is 150 g/mol. The number of fused-ring (bicyclic) bond motifs is 1. The fourth-order valence-electron chi connectivity index (χ4n) is 1.14. The smallest absolute Gasteiger partial charge is 0.153 e. The highest BCUT2D eigenvalue weighted by Crippen LogP contribution is 2.19. The van der Waals surface area contributed by atoms with E-state index in [1.165, 1.54) is 0 Å². The number of rotatable bonds is 1. The Balaban J connectivity index is 2.38. The molecule has 0 spiro atoms. The van der Waals surface area contributed by atoms with Gasteiger partial charge in [0.1, 0.15) is 0 Å². The van der Waals surface area contributed by atoms with E-state index in [0.717, 1.165) is 11.5 Å². The van der Waals surface area contributed by atoms with E-state index in [9.17, 15) is 0 Å². The van der Waals surface area contributed by atoms with Gasteiger partial charge in [0.25, 0.3) is 0 Å². The fraction of sp³-hybridized carbons (Fsp3) is 0. The van der Waals surface area contributed by atoms with Crippen molar-refractivity contribution in [2.75, 3.05) is 0 Å². The van der Waals surface area contributed by atoms with Crippen LogP contribution in [0.4, 0.5) is 0 Å². The van der Waals surface area contributed by atoms with Gasteiger partial charge in [0.15, 0.2) is 5.82 Å². The summed E-state index contributed by atoms with van der Waals surface area (Å²) in [5.41, 5.74) is 1.04. The van der Waals surface area contributed by atoms with Gasteiger partial charge < -0.3 is 5.32 Å². The van der Waals surface area contributed by atoms with Crippen molar-refractivity contribution in [2.24, 2.45) is 4.99 Å². The van der Waals surface area contributed by atoms with E-state index in [2.05, 4.69) is 16.9 Å². The van der Waals surface area contributed by atoms with E-state index in [0.29, 0.717) is 0 Å². The van der Waals surface area contributed by atoms with Crippen LogP contribution < -0.4 is 5.32 Å². The van der Waals surface area contributed by atoms with Crippen LogP contribution in [0, 0.1) is 0 Å². The van der Waals surface area contributed by atoms with Crippen molar-refractivity contribution >= 4 is 6.21 Å². The van der Waals surface area contributed by atoms with Crippen LogP contribution in [0.3, 0.4) is 0 Å². The molecule has 0 aromatic rings. The molecule has 60 valence electrons. The Kier molecular flexibility index (Phi) is 1.55. The first-order chi connectivity index (χ1) is 5.92. The summed E-state index contributed by atoms with van der Waals surface area (Å²) in [6.45, 7) is 3.72. The average Bonchev–Trinajstić information content (AvgIpc) is 2.17. The number of hydrogen-bond donors (Lipinski definition) is 1. The Labute approximate surface area is 71.1 Å². The van der Waals surface area contributed by atoms with E-state index in [1.54, 1.807) is 12.3 Å². The van der Waals surface area contributed by atoms with Crippen LogP contribution in [-0.4, -0.2) is 11.1 Å². The number of aliphatic imine (C=N–C) groups is 1. The molecule has 0 aromatic heterocycles. The average molecular weight is 159 g/mol. The van der Waals surface area contributed by atoms with Gasteiger partial charge in [-0.1, -0.05) is 6.58 Å². The van der Waals surface area contributed by atoms with Crippen LogP contribution in [0.25, 0.3) is 0 Å². The highest BCUT2D eigenvalue weighted by atomic mass is 15.2. The summed E-state index contributed by atoms with van der Waals surface area (Å²) in [6.07, 6.45) is 11.1. The monoisotopic (exact) mass is 159 g/mol. The van der Waals surface area contributed by atoms with Gasteiger partial charge in [0.2, 0.25) is 0 Å². The molecule has 0 atom stereocenters. The topological polar surface area (TPSA) is 27.6 Å². The summed E-state index contributed by atoms with van der Waals surface area (Å²) < 4.78 is 0. The van der Waals surface area contributed by atoms with Crippen molar-refractivity contribution in [2.45, 2.75) is 0 Å². The Hall–Kier alpha value is -1.77. The first-order valence-corrected chi connectivity index (χ1v) is 3.71. The third kappa shape index (κ3) is 0.955. The van der Waals surface area contributed by atoms with Crippen LogP contribution in [0.15, 0.2) is 53.8 Å². The Morgan fingerprint density at radius 3 is 3.33 bits per heavy atom. The fourth-order valence-corrected chi connectivity index (χ4v) is 1.14. The largest absolute Gasteiger partial charge is 0.363 e. The summed E-state index contributed by atoms with van der Waals surface area (Å²) in [5.74, 6) is 0.884. The Bertz CT molecular complexity index is 321. The van der Waals surface area contributed by atoms with Gasteiger partial charge in [-0.15, -0.1) is 0 Å². The molecule has 0 saturated heterocycles. The molecule has 1 N–H and O–H groups in total. The molecule has 0 amide bonds. The molecule has 2 aliphatic rings. The first-order valence-electron chi connectivity index (χ1n) is 3.71. The molecule has 0 radical (unpaired) electrons. The van der Waals surface area contributed by atoms with Gasteiger partial charge in [-0.05, 0) is 12.2 Å². The molecule has 0 aliphatic carbocycles. The lowest BCUT2D eigenvalue weighted by Gasteiger charge is -2.25. The van der Waals surface area contributed by atoms with Gasteiger partial charge in [0, 0.05) is 30.5 Å². The first kappa shape index (κ1) is 6.91. The molecule has 2 heterocycles. The molecule has 2 aliphatic heterocycles.